The summed E-state index contributed by atoms with van der Waals surface area (Å²) in [4.78, 5) is 34.7. The molecule has 1 amide bonds. The van der Waals surface area contributed by atoms with Crippen LogP contribution in [0, 0.1) is 16.0 Å². The van der Waals surface area contributed by atoms with E-state index in [0.29, 0.717) is 13.0 Å². The zero-order valence-electron chi connectivity index (χ0n) is 11.5. The van der Waals surface area contributed by atoms with Gasteiger partial charge in [-0.1, -0.05) is 6.92 Å². The van der Waals surface area contributed by atoms with Crippen molar-refractivity contribution in [3.63, 3.8) is 0 Å². The van der Waals surface area contributed by atoms with Crippen molar-refractivity contribution in [2.24, 2.45) is 5.92 Å². The van der Waals surface area contributed by atoms with Gasteiger partial charge in [-0.2, -0.15) is 5.10 Å². The number of rotatable bonds is 4. The molecule has 0 aromatic carbocycles. The molecule has 1 aliphatic heterocycles. The van der Waals surface area contributed by atoms with Gasteiger partial charge in [-0.05, 0) is 18.8 Å². The maximum absolute atomic E-state index is 12.2. The average molecular weight is 296 g/mol. The highest BCUT2D eigenvalue weighted by molar-refractivity contribution is 5.83. The van der Waals surface area contributed by atoms with Crippen LogP contribution in [-0.2, 0) is 16.1 Å². The molecule has 2 atom stereocenters. The first-order valence-electron chi connectivity index (χ1n) is 6.57. The summed E-state index contributed by atoms with van der Waals surface area (Å²) >= 11 is 0. The van der Waals surface area contributed by atoms with Crippen molar-refractivity contribution < 1.29 is 19.6 Å². The van der Waals surface area contributed by atoms with E-state index in [1.54, 1.807) is 0 Å². The zero-order valence-corrected chi connectivity index (χ0v) is 11.5. The van der Waals surface area contributed by atoms with Crippen LogP contribution in [0.2, 0.25) is 0 Å². The molecule has 0 bridgehead atoms. The second kappa shape index (κ2) is 5.90. The van der Waals surface area contributed by atoms with E-state index in [0.717, 1.165) is 23.5 Å². The molecule has 2 heterocycles. The number of carboxylic acids is 1. The van der Waals surface area contributed by atoms with Crippen molar-refractivity contribution in [2.75, 3.05) is 6.54 Å². The molecule has 9 heteroatoms. The Hall–Kier alpha value is -2.45. The molecule has 1 aromatic heterocycles. The Bertz CT molecular complexity index is 570. The summed E-state index contributed by atoms with van der Waals surface area (Å²) in [5.74, 6) is -1.17. The Morgan fingerprint density at radius 3 is 2.86 bits per heavy atom. The highest BCUT2D eigenvalue weighted by atomic mass is 16.6. The summed E-state index contributed by atoms with van der Waals surface area (Å²) in [5.41, 5.74) is -0.204. The van der Waals surface area contributed by atoms with E-state index in [-0.39, 0.29) is 18.2 Å². The summed E-state index contributed by atoms with van der Waals surface area (Å²) in [6.07, 6.45) is 3.37. The van der Waals surface area contributed by atoms with Crippen LogP contribution in [0.3, 0.4) is 0 Å². The quantitative estimate of drug-likeness (QED) is 0.638. The molecular formula is C12H16N4O5. The number of nitro groups is 1. The molecule has 114 valence electrons. The Kier molecular flexibility index (Phi) is 4.20. The largest absolute Gasteiger partial charge is 0.480 e. The zero-order chi connectivity index (χ0) is 15.6. The number of nitrogens with zero attached hydrogens (tertiary/aromatic N) is 4. The summed E-state index contributed by atoms with van der Waals surface area (Å²) in [5, 5.41) is 23.5. The number of likely N-dealkylation sites (tertiary alicyclic amines) is 1. The summed E-state index contributed by atoms with van der Waals surface area (Å²) in [6, 6.07) is -0.841. The molecule has 0 radical (unpaired) electrons. The lowest BCUT2D eigenvalue weighted by molar-refractivity contribution is -0.385. The lowest BCUT2D eigenvalue weighted by atomic mass is 9.92. The number of carbonyl (C=O) groups excluding carboxylic acids is 1. The molecule has 0 aliphatic carbocycles. The van der Waals surface area contributed by atoms with Gasteiger partial charge in [-0.15, -0.1) is 0 Å². The van der Waals surface area contributed by atoms with E-state index in [1.807, 2.05) is 6.92 Å². The van der Waals surface area contributed by atoms with Crippen molar-refractivity contribution in [3.8, 4) is 0 Å². The van der Waals surface area contributed by atoms with Gasteiger partial charge in [0, 0.05) is 6.54 Å². The molecule has 2 unspecified atom stereocenters. The Morgan fingerprint density at radius 2 is 2.29 bits per heavy atom. The minimum absolute atomic E-state index is 0.202. The van der Waals surface area contributed by atoms with Crippen LogP contribution in [0.4, 0.5) is 5.69 Å². The van der Waals surface area contributed by atoms with E-state index in [9.17, 15) is 24.8 Å². The van der Waals surface area contributed by atoms with Gasteiger partial charge in [0.25, 0.3) is 0 Å². The van der Waals surface area contributed by atoms with Crippen LogP contribution in [0.15, 0.2) is 12.4 Å². The SMILES string of the molecule is CC1CCN(C(=O)Cn2cc([N+](=O)[O-])cn2)C(C(=O)O)C1. The number of carbonyl (C=O) groups is 2. The summed E-state index contributed by atoms with van der Waals surface area (Å²) in [7, 11) is 0. The number of hydrogen-bond acceptors (Lipinski definition) is 5. The van der Waals surface area contributed by atoms with E-state index in [2.05, 4.69) is 5.10 Å². The summed E-state index contributed by atoms with van der Waals surface area (Å²) in [6.45, 7) is 2.13. The molecule has 1 aliphatic rings. The molecule has 9 nitrogen and oxygen atoms in total. The highest BCUT2D eigenvalue weighted by Crippen LogP contribution is 2.23. The lowest BCUT2D eigenvalue weighted by Gasteiger charge is -2.35. The fourth-order valence-corrected chi connectivity index (χ4v) is 2.44. The van der Waals surface area contributed by atoms with Gasteiger partial charge >= 0.3 is 11.7 Å². The van der Waals surface area contributed by atoms with Gasteiger partial charge in [0.1, 0.15) is 25.0 Å². The van der Waals surface area contributed by atoms with Crippen molar-refractivity contribution in [3.05, 3.63) is 22.5 Å². The summed E-state index contributed by atoms with van der Waals surface area (Å²) < 4.78 is 1.15. The molecule has 0 saturated carbocycles. The normalized spacial score (nSPS) is 22.0. The van der Waals surface area contributed by atoms with Gasteiger partial charge in [0.2, 0.25) is 5.91 Å². The van der Waals surface area contributed by atoms with Crippen molar-refractivity contribution >= 4 is 17.6 Å². The van der Waals surface area contributed by atoms with Crippen LogP contribution < -0.4 is 0 Å². The molecule has 1 aromatic rings. The van der Waals surface area contributed by atoms with Crippen molar-refractivity contribution in [1.29, 1.82) is 0 Å². The maximum atomic E-state index is 12.2. The highest BCUT2D eigenvalue weighted by Gasteiger charge is 2.34. The van der Waals surface area contributed by atoms with E-state index in [4.69, 9.17) is 0 Å². The molecule has 0 spiro atoms. The number of amides is 1. The van der Waals surface area contributed by atoms with Crippen LogP contribution in [0.5, 0.6) is 0 Å². The fourth-order valence-electron chi connectivity index (χ4n) is 2.44. The first-order chi connectivity index (χ1) is 9.88. The number of piperidine rings is 1. The second-order valence-corrected chi connectivity index (χ2v) is 5.22. The molecule has 2 rings (SSSR count). The number of aliphatic carboxylic acids is 1. The van der Waals surface area contributed by atoms with Gasteiger partial charge in [0.15, 0.2) is 0 Å². The van der Waals surface area contributed by atoms with Gasteiger partial charge < -0.3 is 10.0 Å². The third-order valence-corrected chi connectivity index (χ3v) is 3.60. The maximum Gasteiger partial charge on any atom is 0.326 e. The average Bonchev–Trinajstić information content (AvgIpc) is 2.87. The topological polar surface area (TPSA) is 119 Å². The smallest absolute Gasteiger partial charge is 0.326 e. The molecular weight excluding hydrogens is 280 g/mol. The minimum Gasteiger partial charge on any atom is -0.480 e. The standard InChI is InChI=1S/C12H16N4O5/c1-8-2-3-15(10(4-8)12(18)19)11(17)7-14-6-9(5-13-14)16(20)21/h5-6,8,10H,2-4,7H2,1H3,(H,18,19). The number of hydrogen-bond donors (Lipinski definition) is 1. The monoisotopic (exact) mass is 296 g/mol. The third-order valence-electron chi connectivity index (χ3n) is 3.60. The predicted molar refractivity (Wildman–Crippen MR) is 70.4 cm³/mol. The van der Waals surface area contributed by atoms with E-state index >= 15 is 0 Å². The van der Waals surface area contributed by atoms with E-state index in [1.165, 1.54) is 4.90 Å². The predicted octanol–water partition coefficient (Wildman–Crippen LogP) is 0.503. The van der Waals surface area contributed by atoms with Crippen LogP contribution in [-0.4, -0.2) is 49.2 Å². The van der Waals surface area contributed by atoms with Gasteiger partial charge in [-0.25, -0.2) is 4.79 Å². The van der Waals surface area contributed by atoms with Gasteiger partial charge in [0.05, 0.1) is 4.92 Å². The van der Waals surface area contributed by atoms with Crippen molar-refractivity contribution in [2.45, 2.75) is 32.4 Å². The first-order valence-corrected chi connectivity index (χ1v) is 6.57. The first kappa shape index (κ1) is 14.9. The Balaban J connectivity index is 2.07. The molecule has 1 fully saturated rings. The molecule has 1 N–H and O–H groups in total. The van der Waals surface area contributed by atoms with Crippen LogP contribution in [0.1, 0.15) is 19.8 Å². The fraction of sp³-hybridized carbons (Fsp3) is 0.583. The van der Waals surface area contributed by atoms with E-state index < -0.39 is 22.8 Å². The molecule has 21 heavy (non-hydrogen) atoms. The Morgan fingerprint density at radius 1 is 1.57 bits per heavy atom. The lowest BCUT2D eigenvalue weighted by Crippen LogP contribution is -2.50. The second-order valence-electron chi connectivity index (χ2n) is 5.22. The van der Waals surface area contributed by atoms with Gasteiger partial charge in [-0.3, -0.25) is 19.6 Å². The van der Waals surface area contributed by atoms with Crippen LogP contribution in [0.25, 0.3) is 0 Å². The Labute approximate surface area is 120 Å². The third kappa shape index (κ3) is 3.36. The van der Waals surface area contributed by atoms with Crippen LogP contribution >= 0.6 is 0 Å². The van der Waals surface area contributed by atoms with Crippen molar-refractivity contribution in [1.82, 2.24) is 14.7 Å². The number of carboxylic acid groups (broad SMARTS) is 1. The number of aromatic nitrogens is 2. The molecule has 1 saturated heterocycles. The minimum atomic E-state index is -1.03.